The predicted octanol–water partition coefficient (Wildman–Crippen LogP) is 1.65. The van der Waals surface area contributed by atoms with E-state index in [1.54, 1.807) is 18.2 Å². The summed E-state index contributed by atoms with van der Waals surface area (Å²) >= 11 is 0. The van der Waals surface area contributed by atoms with Gasteiger partial charge in [-0.15, -0.1) is 0 Å². The second-order valence-corrected chi connectivity index (χ2v) is 3.12. The van der Waals surface area contributed by atoms with Crippen LogP contribution in [0.2, 0.25) is 0 Å². The van der Waals surface area contributed by atoms with Crippen molar-refractivity contribution in [2.45, 2.75) is 0 Å². The van der Waals surface area contributed by atoms with E-state index in [1.165, 1.54) is 6.07 Å². The molecule has 0 unspecified atom stereocenters. The lowest BCUT2D eigenvalue weighted by molar-refractivity contribution is -0.385. The number of rotatable bonds is 3. The number of benzene rings is 2. The van der Waals surface area contributed by atoms with Gasteiger partial charge in [-0.25, -0.2) is 0 Å². The van der Waals surface area contributed by atoms with Gasteiger partial charge in [0, 0.05) is 11.5 Å². The molecule has 0 aliphatic heterocycles. The Balaban J connectivity index is 2.73. The van der Waals surface area contributed by atoms with Gasteiger partial charge in [0.2, 0.25) is 0 Å². The van der Waals surface area contributed by atoms with E-state index < -0.39 is 4.92 Å². The van der Waals surface area contributed by atoms with Gasteiger partial charge in [0.25, 0.3) is 0 Å². The molecule has 1 N–H and O–H groups in total. The molecule has 6 heteroatoms. The number of fused-ring (bicyclic) bond motifs is 1. The largest absolute Gasteiger partial charge is 0.569 e. The molecule has 0 heterocycles. The van der Waals surface area contributed by atoms with E-state index in [9.17, 15) is 10.1 Å². The fraction of sp³-hybridized carbons (Fsp3) is 0. The van der Waals surface area contributed by atoms with E-state index in [1.807, 2.05) is 12.1 Å². The molecule has 16 heavy (non-hydrogen) atoms. The van der Waals surface area contributed by atoms with Crippen molar-refractivity contribution in [3.63, 3.8) is 0 Å². The summed E-state index contributed by atoms with van der Waals surface area (Å²) in [6, 6.07) is 10.1. The van der Waals surface area contributed by atoms with Crippen molar-refractivity contribution in [2.75, 3.05) is 0 Å². The standard InChI is InChI=1S/C10H7BNO4/c13-11-16-10-8-4-2-1-3-7(8)5-6-9(10)12(14)15/h1-6,13H. The van der Waals surface area contributed by atoms with Crippen LogP contribution in [0.25, 0.3) is 10.8 Å². The van der Waals surface area contributed by atoms with Gasteiger partial charge in [0.05, 0.1) is 4.92 Å². The van der Waals surface area contributed by atoms with E-state index in [0.29, 0.717) is 13.1 Å². The van der Waals surface area contributed by atoms with Crippen molar-refractivity contribution in [1.29, 1.82) is 0 Å². The molecule has 0 fully saturated rings. The number of hydrogen-bond acceptors (Lipinski definition) is 4. The van der Waals surface area contributed by atoms with Gasteiger partial charge in [0.15, 0.2) is 5.75 Å². The minimum Gasteiger partial charge on any atom is -0.532 e. The number of nitro benzene ring substituents is 1. The summed E-state index contributed by atoms with van der Waals surface area (Å²) in [5.41, 5.74) is -0.177. The Morgan fingerprint density at radius 2 is 2.00 bits per heavy atom. The van der Waals surface area contributed by atoms with Crippen molar-refractivity contribution >= 4 is 24.1 Å². The van der Waals surface area contributed by atoms with Gasteiger partial charge in [0.1, 0.15) is 0 Å². The first kappa shape index (κ1) is 10.4. The minimum atomic E-state index is -0.550. The summed E-state index contributed by atoms with van der Waals surface area (Å²) in [6.45, 7) is 0. The maximum Gasteiger partial charge on any atom is 0.569 e. The highest BCUT2D eigenvalue weighted by Crippen LogP contribution is 2.34. The van der Waals surface area contributed by atoms with E-state index in [0.717, 1.165) is 5.39 Å². The minimum absolute atomic E-state index is 0.0469. The second kappa shape index (κ2) is 4.20. The van der Waals surface area contributed by atoms with E-state index >= 15 is 0 Å². The zero-order chi connectivity index (χ0) is 11.5. The summed E-state index contributed by atoms with van der Waals surface area (Å²) in [7, 11) is 0.439. The smallest absolute Gasteiger partial charge is 0.532 e. The van der Waals surface area contributed by atoms with Crippen molar-refractivity contribution in [2.24, 2.45) is 0 Å². The molecule has 2 aromatic rings. The third-order valence-electron chi connectivity index (χ3n) is 2.23. The second-order valence-electron chi connectivity index (χ2n) is 3.12. The van der Waals surface area contributed by atoms with Gasteiger partial charge in [-0.05, 0) is 11.5 Å². The Morgan fingerprint density at radius 1 is 1.25 bits per heavy atom. The lowest BCUT2D eigenvalue weighted by Gasteiger charge is -2.06. The topological polar surface area (TPSA) is 72.6 Å². The fourth-order valence-electron chi connectivity index (χ4n) is 1.55. The number of hydrogen-bond donors (Lipinski definition) is 1. The first-order valence-corrected chi connectivity index (χ1v) is 4.52. The molecular weight excluding hydrogens is 209 g/mol. The maximum atomic E-state index is 10.8. The van der Waals surface area contributed by atoms with Gasteiger partial charge in [-0.2, -0.15) is 0 Å². The molecular formula is C10H7BNO4. The van der Waals surface area contributed by atoms with Crippen molar-refractivity contribution in [1.82, 2.24) is 0 Å². The molecule has 0 aromatic heterocycles. The third kappa shape index (κ3) is 1.70. The normalized spacial score (nSPS) is 10.1. The molecule has 79 valence electrons. The lowest BCUT2D eigenvalue weighted by atomic mass is 10.1. The number of nitrogens with zero attached hydrogens (tertiary/aromatic N) is 1. The van der Waals surface area contributed by atoms with Gasteiger partial charge >= 0.3 is 13.4 Å². The molecule has 2 rings (SSSR count). The Bertz CT molecular complexity index is 543. The molecule has 0 spiro atoms. The van der Waals surface area contributed by atoms with Crippen molar-refractivity contribution in [3.8, 4) is 5.75 Å². The summed E-state index contributed by atoms with van der Waals surface area (Å²) in [5.74, 6) is 0.0469. The Hall–Kier alpha value is -2.08. The highest BCUT2D eigenvalue weighted by Gasteiger charge is 2.17. The van der Waals surface area contributed by atoms with Crippen LogP contribution < -0.4 is 4.65 Å². The quantitative estimate of drug-likeness (QED) is 0.480. The van der Waals surface area contributed by atoms with Gasteiger partial charge in [-0.1, -0.05) is 24.3 Å². The van der Waals surface area contributed by atoms with Crippen molar-refractivity contribution in [3.05, 3.63) is 46.5 Å². The average molecular weight is 216 g/mol. The maximum absolute atomic E-state index is 10.8. The summed E-state index contributed by atoms with van der Waals surface area (Å²) in [6.07, 6.45) is 0. The highest BCUT2D eigenvalue weighted by atomic mass is 16.6. The summed E-state index contributed by atoms with van der Waals surface area (Å²) in [4.78, 5) is 10.2. The van der Waals surface area contributed by atoms with Crippen LogP contribution in [0.3, 0.4) is 0 Å². The van der Waals surface area contributed by atoms with Gasteiger partial charge in [-0.3, -0.25) is 10.1 Å². The van der Waals surface area contributed by atoms with Crippen LogP contribution in [0.15, 0.2) is 36.4 Å². The molecule has 0 aliphatic carbocycles. The number of nitro groups is 1. The lowest BCUT2D eigenvalue weighted by Crippen LogP contribution is -2.03. The fourth-order valence-corrected chi connectivity index (χ4v) is 1.55. The zero-order valence-corrected chi connectivity index (χ0v) is 8.16. The first-order valence-electron chi connectivity index (χ1n) is 4.52. The average Bonchev–Trinajstić information content (AvgIpc) is 2.29. The molecule has 0 atom stereocenters. The monoisotopic (exact) mass is 216 g/mol. The summed E-state index contributed by atoms with van der Waals surface area (Å²) in [5, 5.41) is 20.8. The molecule has 2 aromatic carbocycles. The van der Waals surface area contributed by atoms with Crippen LogP contribution in [-0.4, -0.2) is 17.6 Å². The molecule has 0 aliphatic rings. The first-order chi connectivity index (χ1) is 7.74. The predicted molar refractivity (Wildman–Crippen MR) is 59.2 cm³/mol. The molecule has 0 saturated heterocycles. The Kier molecular flexibility index (Phi) is 2.74. The summed E-state index contributed by atoms with van der Waals surface area (Å²) < 4.78 is 4.80. The zero-order valence-electron chi connectivity index (χ0n) is 8.16. The van der Waals surface area contributed by atoms with Crippen LogP contribution in [-0.2, 0) is 0 Å². The third-order valence-corrected chi connectivity index (χ3v) is 2.23. The van der Waals surface area contributed by atoms with Crippen LogP contribution in [0.5, 0.6) is 5.75 Å². The molecule has 0 amide bonds. The SMILES string of the molecule is O=[N+]([O-])c1ccc2ccccc2c1O[B]O. The molecule has 0 bridgehead atoms. The van der Waals surface area contributed by atoms with Crippen LogP contribution >= 0.6 is 0 Å². The van der Waals surface area contributed by atoms with Crippen LogP contribution in [0.4, 0.5) is 5.69 Å². The molecule has 5 nitrogen and oxygen atoms in total. The Morgan fingerprint density at radius 3 is 2.69 bits per heavy atom. The molecule has 1 radical (unpaired) electrons. The van der Waals surface area contributed by atoms with E-state index in [2.05, 4.69) is 0 Å². The van der Waals surface area contributed by atoms with Crippen LogP contribution in [0, 0.1) is 10.1 Å². The Labute approximate surface area is 91.7 Å². The van der Waals surface area contributed by atoms with E-state index in [-0.39, 0.29) is 11.4 Å². The van der Waals surface area contributed by atoms with Crippen LogP contribution in [0.1, 0.15) is 0 Å². The molecule has 0 saturated carbocycles. The van der Waals surface area contributed by atoms with Crippen molar-refractivity contribution < 1.29 is 14.6 Å². The van der Waals surface area contributed by atoms with E-state index in [4.69, 9.17) is 9.68 Å². The highest BCUT2D eigenvalue weighted by molar-refractivity contribution is 6.18. The van der Waals surface area contributed by atoms with Gasteiger partial charge < -0.3 is 9.68 Å².